The Morgan fingerprint density at radius 3 is 2.69 bits per heavy atom. The molecule has 32 heavy (non-hydrogen) atoms. The van der Waals surface area contributed by atoms with Crippen LogP contribution in [0.5, 0.6) is 0 Å². The Morgan fingerprint density at radius 2 is 2.03 bits per heavy atom. The van der Waals surface area contributed by atoms with E-state index in [1.807, 2.05) is 32.3 Å². The normalized spacial score (nSPS) is 13.3. The van der Waals surface area contributed by atoms with Gasteiger partial charge in [-0.1, -0.05) is 11.6 Å². The first-order valence-electron chi connectivity index (χ1n) is 10.3. The Morgan fingerprint density at radius 1 is 1.28 bits per heavy atom. The highest BCUT2D eigenvalue weighted by Crippen LogP contribution is 2.32. The number of imide groups is 1. The van der Waals surface area contributed by atoms with E-state index < -0.39 is 6.03 Å². The third-order valence-corrected chi connectivity index (χ3v) is 5.50. The average Bonchev–Trinajstić information content (AvgIpc) is 2.77. The van der Waals surface area contributed by atoms with Crippen LogP contribution in [0.3, 0.4) is 0 Å². The van der Waals surface area contributed by atoms with Crippen molar-refractivity contribution in [2.75, 3.05) is 62.9 Å². The number of fused-ring (bicyclic) bond motifs is 1. The van der Waals surface area contributed by atoms with Gasteiger partial charge >= 0.3 is 12.1 Å². The fourth-order valence-electron chi connectivity index (χ4n) is 3.39. The molecule has 0 spiro atoms. The maximum atomic E-state index is 12.5. The number of rotatable bonds is 7. The fraction of sp³-hybridized carbons (Fsp3) is 0.429. The van der Waals surface area contributed by atoms with Gasteiger partial charge < -0.3 is 20.4 Å². The van der Waals surface area contributed by atoms with Gasteiger partial charge in [-0.05, 0) is 44.8 Å². The van der Waals surface area contributed by atoms with E-state index in [2.05, 4.69) is 37.3 Å². The van der Waals surface area contributed by atoms with Crippen LogP contribution in [-0.2, 0) is 6.54 Å². The molecule has 0 fully saturated rings. The molecule has 172 valence electrons. The zero-order valence-electron chi connectivity index (χ0n) is 19.0. The van der Waals surface area contributed by atoms with Crippen molar-refractivity contribution in [3.05, 3.63) is 35.0 Å². The number of hydrogen-bond donors (Lipinski definition) is 2. The van der Waals surface area contributed by atoms with Crippen molar-refractivity contribution in [1.29, 1.82) is 0 Å². The van der Waals surface area contributed by atoms with Gasteiger partial charge in [0.2, 0.25) is 5.95 Å². The van der Waals surface area contributed by atoms with Gasteiger partial charge in [0.1, 0.15) is 5.02 Å². The van der Waals surface area contributed by atoms with Crippen LogP contribution >= 0.6 is 11.6 Å². The number of hydrogen-bond acceptors (Lipinski definition) is 7. The zero-order valence-corrected chi connectivity index (χ0v) is 19.8. The molecule has 0 saturated heterocycles. The lowest BCUT2D eigenvalue weighted by molar-refractivity contribution is 0.187. The molecular weight excluding hydrogens is 432 g/mol. The molecular formula is C21H29ClN8O2. The van der Waals surface area contributed by atoms with E-state index >= 15 is 0 Å². The van der Waals surface area contributed by atoms with Crippen LogP contribution in [0.1, 0.15) is 12.5 Å². The Kier molecular flexibility index (Phi) is 7.37. The van der Waals surface area contributed by atoms with Crippen LogP contribution in [0.2, 0.25) is 5.02 Å². The van der Waals surface area contributed by atoms with Crippen molar-refractivity contribution >= 4 is 46.8 Å². The number of nitrogens with zero attached hydrogens (tertiary/aromatic N) is 6. The Labute approximate surface area is 193 Å². The van der Waals surface area contributed by atoms with E-state index in [4.69, 9.17) is 11.6 Å². The summed E-state index contributed by atoms with van der Waals surface area (Å²) in [6, 6.07) is 4.74. The Bertz CT molecular complexity index is 1000. The minimum absolute atomic E-state index is 0.171. The number of amides is 4. The summed E-state index contributed by atoms with van der Waals surface area (Å²) in [6.45, 7) is 4.66. The van der Waals surface area contributed by atoms with Crippen molar-refractivity contribution < 1.29 is 9.59 Å². The van der Waals surface area contributed by atoms with Gasteiger partial charge in [0.25, 0.3) is 0 Å². The number of halogens is 1. The zero-order chi connectivity index (χ0) is 23.4. The largest absolute Gasteiger partial charge is 0.341 e. The highest BCUT2D eigenvalue weighted by atomic mass is 35.5. The van der Waals surface area contributed by atoms with Crippen molar-refractivity contribution in [3.8, 4) is 0 Å². The summed E-state index contributed by atoms with van der Waals surface area (Å²) < 4.78 is 0. The number of urea groups is 2. The molecule has 4 amide bonds. The second-order valence-corrected chi connectivity index (χ2v) is 8.11. The minimum atomic E-state index is -0.452. The highest BCUT2D eigenvalue weighted by Gasteiger charge is 2.31. The molecule has 2 N–H and O–H groups in total. The summed E-state index contributed by atoms with van der Waals surface area (Å²) in [5.41, 5.74) is 2.31. The molecule has 0 atom stereocenters. The number of benzene rings is 1. The lowest BCUT2D eigenvalue weighted by Gasteiger charge is -2.33. The van der Waals surface area contributed by atoms with Gasteiger partial charge in [-0.3, -0.25) is 4.90 Å². The number of aromatic nitrogens is 2. The molecule has 0 aliphatic carbocycles. The molecule has 1 aliphatic rings. The van der Waals surface area contributed by atoms with E-state index in [0.29, 0.717) is 16.8 Å². The monoisotopic (exact) mass is 460 g/mol. The van der Waals surface area contributed by atoms with E-state index in [9.17, 15) is 9.59 Å². The van der Waals surface area contributed by atoms with Crippen LogP contribution in [0.4, 0.5) is 32.7 Å². The van der Waals surface area contributed by atoms with Crippen molar-refractivity contribution in [2.45, 2.75) is 13.5 Å². The lowest BCUT2D eigenvalue weighted by Crippen LogP contribution is -2.50. The molecule has 0 saturated carbocycles. The second kappa shape index (κ2) is 10.0. The van der Waals surface area contributed by atoms with E-state index in [0.717, 1.165) is 41.5 Å². The van der Waals surface area contributed by atoms with Crippen molar-refractivity contribution in [1.82, 2.24) is 25.1 Å². The highest BCUT2D eigenvalue weighted by molar-refractivity contribution is 6.32. The van der Waals surface area contributed by atoms with Crippen molar-refractivity contribution in [2.24, 2.45) is 0 Å². The predicted octanol–water partition coefficient (Wildman–Crippen LogP) is 2.97. The third-order valence-electron chi connectivity index (χ3n) is 5.22. The Balaban J connectivity index is 1.85. The van der Waals surface area contributed by atoms with E-state index in [-0.39, 0.29) is 12.6 Å². The van der Waals surface area contributed by atoms with Crippen LogP contribution in [-0.4, -0.2) is 79.7 Å². The first-order chi connectivity index (χ1) is 15.2. The second-order valence-electron chi connectivity index (χ2n) is 7.70. The molecule has 11 heteroatoms. The molecule has 10 nitrogen and oxygen atoms in total. The van der Waals surface area contributed by atoms with Crippen LogP contribution in [0.25, 0.3) is 0 Å². The molecule has 0 radical (unpaired) electrons. The topological polar surface area (TPSA) is 96.9 Å². The van der Waals surface area contributed by atoms with Crippen LogP contribution in [0, 0.1) is 0 Å². The molecule has 1 aromatic carbocycles. The number of nitrogens with one attached hydrogen (secondary N) is 2. The fourth-order valence-corrected chi connectivity index (χ4v) is 3.53. The molecule has 1 aliphatic heterocycles. The van der Waals surface area contributed by atoms with Gasteiger partial charge in [-0.15, -0.1) is 0 Å². The summed E-state index contributed by atoms with van der Waals surface area (Å²) in [5, 5.41) is 6.15. The summed E-state index contributed by atoms with van der Waals surface area (Å²) in [5.74, 6) is 1.08. The molecule has 1 aromatic heterocycles. The first-order valence-corrected chi connectivity index (χ1v) is 10.7. The average molecular weight is 461 g/mol. The molecule has 0 bridgehead atoms. The number of likely N-dealkylation sites (N-methyl/N-ethyl adjacent to an activating group) is 2. The predicted molar refractivity (Wildman–Crippen MR) is 127 cm³/mol. The van der Waals surface area contributed by atoms with Crippen molar-refractivity contribution in [3.63, 3.8) is 0 Å². The summed E-state index contributed by atoms with van der Waals surface area (Å²) >= 11 is 6.36. The summed E-state index contributed by atoms with van der Waals surface area (Å²) in [7, 11) is 7.19. The number of carbonyl (C=O) groups excluding carboxylic acids is 2. The molecule has 2 heterocycles. The summed E-state index contributed by atoms with van der Waals surface area (Å²) in [4.78, 5) is 40.4. The molecule has 0 unspecified atom stereocenters. The van der Waals surface area contributed by atoms with Gasteiger partial charge in [0, 0.05) is 39.4 Å². The lowest BCUT2D eigenvalue weighted by atomic mass is 10.1. The van der Waals surface area contributed by atoms with Gasteiger partial charge in [0.05, 0.1) is 18.4 Å². The number of carbonyl (C=O) groups is 2. The molecule has 2 aromatic rings. The van der Waals surface area contributed by atoms with Gasteiger partial charge in [0.15, 0.2) is 5.82 Å². The Hall–Kier alpha value is -3.11. The van der Waals surface area contributed by atoms with E-state index in [1.54, 1.807) is 13.2 Å². The standard InChI is InChI=1S/C21H29ClN8O2/c1-6-29(10-9-27(3)4)19-24-12-16(22)18(26-19)25-15-7-8-17-14(11-15)13-30(20(31)23-2)21(32)28(17)5/h7-8,11-12H,6,9-10,13H2,1-5H3,(H,23,31)(H,24,25,26). The first kappa shape index (κ1) is 23.6. The maximum absolute atomic E-state index is 12.5. The van der Waals surface area contributed by atoms with Crippen LogP contribution in [0.15, 0.2) is 24.4 Å². The quantitative estimate of drug-likeness (QED) is 0.655. The number of anilines is 4. The SMILES string of the molecule is CCN(CCN(C)C)c1ncc(Cl)c(Nc2ccc3c(c2)CN(C(=O)NC)C(=O)N3C)n1. The molecule has 3 rings (SSSR count). The summed E-state index contributed by atoms with van der Waals surface area (Å²) in [6.07, 6.45) is 1.59. The smallest absolute Gasteiger partial charge is 0.332 e. The van der Waals surface area contributed by atoms with Gasteiger partial charge in [-0.25, -0.2) is 19.5 Å². The minimum Gasteiger partial charge on any atom is -0.341 e. The third kappa shape index (κ3) is 5.03. The van der Waals surface area contributed by atoms with Crippen LogP contribution < -0.4 is 20.4 Å². The maximum Gasteiger partial charge on any atom is 0.332 e. The van der Waals surface area contributed by atoms with E-state index in [1.165, 1.54) is 11.9 Å². The van der Waals surface area contributed by atoms with Gasteiger partial charge in [-0.2, -0.15) is 4.98 Å².